The minimum atomic E-state index is -0.317. The highest BCUT2D eigenvalue weighted by Gasteiger charge is 2.28. The van der Waals surface area contributed by atoms with Crippen molar-refractivity contribution >= 4 is 5.91 Å². The zero-order valence-corrected chi connectivity index (χ0v) is 17.6. The summed E-state index contributed by atoms with van der Waals surface area (Å²) in [6.07, 6.45) is 6.12. The molecule has 0 radical (unpaired) electrons. The molecule has 3 aromatic rings. The lowest BCUT2D eigenvalue weighted by Crippen LogP contribution is -2.37. The van der Waals surface area contributed by atoms with Gasteiger partial charge in [-0.25, -0.2) is 9.37 Å². The average Bonchev–Trinajstić information content (AvgIpc) is 3.31. The van der Waals surface area contributed by atoms with E-state index in [0.29, 0.717) is 24.7 Å². The van der Waals surface area contributed by atoms with Gasteiger partial charge in [-0.3, -0.25) is 4.79 Å². The number of rotatable bonds is 7. The normalized spacial score (nSPS) is 19.7. The lowest BCUT2D eigenvalue weighted by Gasteiger charge is -2.28. The summed E-state index contributed by atoms with van der Waals surface area (Å²) in [7, 11) is 0. The van der Waals surface area contributed by atoms with Gasteiger partial charge in [0.25, 0.3) is 0 Å². The molecule has 1 fully saturated rings. The maximum atomic E-state index is 13.4. The van der Waals surface area contributed by atoms with Crippen molar-refractivity contribution in [1.82, 2.24) is 15.3 Å². The van der Waals surface area contributed by atoms with Gasteiger partial charge in [0.2, 0.25) is 5.91 Å². The number of aromatic amines is 1. The molecule has 1 amide bonds. The van der Waals surface area contributed by atoms with Crippen molar-refractivity contribution in [2.24, 2.45) is 17.6 Å². The first-order chi connectivity index (χ1) is 15.1. The Bertz CT molecular complexity index is 978. The number of H-pyrrole nitrogens is 1. The predicted molar refractivity (Wildman–Crippen MR) is 120 cm³/mol. The summed E-state index contributed by atoms with van der Waals surface area (Å²) < 4.78 is 13.4. The number of carbonyl (C=O) groups excluding carboxylic acids is 1. The molecule has 1 atom stereocenters. The lowest BCUT2D eigenvalue weighted by atomic mass is 9.81. The smallest absolute Gasteiger partial charge is 0.223 e. The van der Waals surface area contributed by atoms with Gasteiger partial charge in [-0.15, -0.1) is 0 Å². The highest BCUT2D eigenvalue weighted by atomic mass is 19.1. The van der Waals surface area contributed by atoms with Gasteiger partial charge >= 0.3 is 0 Å². The topological polar surface area (TPSA) is 83.8 Å². The SMILES string of the molecule is NC[C@H]1CC[C@H](C(=O)N[C@@H](Cc2ccc(F)cc2)c2nc(-c3ccccc3)c[nH]2)CC1. The third kappa shape index (κ3) is 5.39. The molecule has 0 spiro atoms. The Morgan fingerprint density at radius 3 is 2.48 bits per heavy atom. The van der Waals surface area contributed by atoms with Crippen LogP contribution >= 0.6 is 0 Å². The molecule has 1 aliphatic rings. The van der Waals surface area contributed by atoms with E-state index in [1.807, 2.05) is 36.5 Å². The maximum absolute atomic E-state index is 13.4. The number of nitrogens with two attached hydrogens (primary N) is 1. The van der Waals surface area contributed by atoms with Crippen LogP contribution in [0.1, 0.15) is 43.1 Å². The van der Waals surface area contributed by atoms with Crippen molar-refractivity contribution in [3.63, 3.8) is 0 Å². The molecule has 1 saturated carbocycles. The largest absolute Gasteiger partial charge is 0.346 e. The van der Waals surface area contributed by atoms with Crippen LogP contribution in [0.3, 0.4) is 0 Å². The summed E-state index contributed by atoms with van der Waals surface area (Å²) in [6, 6.07) is 16.0. The monoisotopic (exact) mass is 420 g/mol. The van der Waals surface area contributed by atoms with Crippen LogP contribution < -0.4 is 11.1 Å². The van der Waals surface area contributed by atoms with Crippen molar-refractivity contribution < 1.29 is 9.18 Å². The Kier molecular flexibility index (Phi) is 6.77. The molecular formula is C25H29FN4O. The van der Waals surface area contributed by atoms with Crippen LogP contribution in [0.2, 0.25) is 0 Å². The quantitative estimate of drug-likeness (QED) is 0.530. The van der Waals surface area contributed by atoms with Crippen LogP contribution in [-0.4, -0.2) is 22.4 Å². The molecule has 2 aromatic carbocycles. The number of nitrogens with one attached hydrogen (secondary N) is 2. The summed E-state index contributed by atoms with van der Waals surface area (Å²) in [5.74, 6) is 1.01. The first-order valence-corrected chi connectivity index (χ1v) is 11.0. The van der Waals surface area contributed by atoms with Crippen LogP contribution in [-0.2, 0) is 11.2 Å². The summed E-state index contributed by atoms with van der Waals surface area (Å²) >= 11 is 0. The zero-order valence-electron chi connectivity index (χ0n) is 17.6. The van der Waals surface area contributed by atoms with Gasteiger partial charge in [0.05, 0.1) is 11.7 Å². The van der Waals surface area contributed by atoms with E-state index < -0.39 is 0 Å². The Morgan fingerprint density at radius 2 is 1.81 bits per heavy atom. The van der Waals surface area contributed by atoms with Gasteiger partial charge in [0.1, 0.15) is 11.6 Å². The molecule has 0 unspecified atom stereocenters. The Balaban J connectivity index is 1.52. The van der Waals surface area contributed by atoms with Gasteiger partial charge in [-0.1, -0.05) is 42.5 Å². The molecule has 1 aromatic heterocycles. The number of hydrogen-bond donors (Lipinski definition) is 3. The van der Waals surface area contributed by atoms with E-state index >= 15 is 0 Å². The Morgan fingerprint density at radius 1 is 1.10 bits per heavy atom. The molecule has 4 N–H and O–H groups in total. The number of imidazole rings is 1. The van der Waals surface area contributed by atoms with Gasteiger partial charge in [-0.2, -0.15) is 0 Å². The minimum Gasteiger partial charge on any atom is -0.346 e. The molecule has 1 aliphatic carbocycles. The zero-order chi connectivity index (χ0) is 21.6. The maximum Gasteiger partial charge on any atom is 0.223 e. The second-order valence-electron chi connectivity index (χ2n) is 8.38. The Hall–Kier alpha value is -2.99. The number of benzene rings is 2. The first-order valence-electron chi connectivity index (χ1n) is 11.0. The van der Waals surface area contributed by atoms with Crippen LogP contribution in [0.4, 0.5) is 4.39 Å². The molecule has 6 heteroatoms. The van der Waals surface area contributed by atoms with E-state index in [-0.39, 0.29) is 23.7 Å². The predicted octanol–water partition coefficient (Wildman–Crippen LogP) is 4.38. The summed E-state index contributed by atoms with van der Waals surface area (Å²) in [5, 5.41) is 3.21. The standard InChI is InChI=1S/C25H29FN4O/c26-21-12-8-17(9-13-21)14-22(30-25(31)20-10-6-18(15-27)7-11-20)24-28-16-23(29-24)19-4-2-1-3-5-19/h1-5,8-9,12-13,16,18,20,22H,6-7,10-11,14-15,27H2,(H,28,29)(H,30,31)/t18-,20-,22-/m0/s1. The third-order valence-electron chi connectivity index (χ3n) is 6.22. The number of nitrogens with zero attached hydrogens (tertiary/aromatic N) is 1. The highest BCUT2D eigenvalue weighted by Crippen LogP contribution is 2.29. The van der Waals surface area contributed by atoms with E-state index in [1.165, 1.54) is 12.1 Å². The van der Waals surface area contributed by atoms with Crippen molar-refractivity contribution in [3.05, 3.63) is 78.0 Å². The molecule has 0 aliphatic heterocycles. The van der Waals surface area contributed by atoms with E-state index in [2.05, 4.69) is 10.3 Å². The van der Waals surface area contributed by atoms with Crippen molar-refractivity contribution in [1.29, 1.82) is 0 Å². The van der Waals surface area contributed by atoms with E-state index in [1.54, 1.807) is 12.1 Å². The van der Waals surface area contributed by atoms with Crippen molar-refractivity contribution in [2.45, 2.75) is 38.1 Å². The molecule has 4 rings (SSSR count). The van der Waals surface area contributed by atoms with Gasteiger partial charge < -0.3 is 16.0 Å². The Labute approximate surface area is 182 Å². The molecule has 162 valence electrons. The van der Waals surface area contributed by atoms with E-state index in [4.69, 9.17) is 10.7 Å². The second-order valence-corrected chi connectivity index (χ2v) is 8.38. The number of hydrogen-bond acceptors (Lipinski definition) is 3. The van der Waals surface area contributed by atoms with Crippen LogP contribution in [0.5, 0.6) is 0 Å². The molecule has 0 bridgehead atoms. The summed E-state index contributed by atoms with van der Waals surface area (Å²) in [6.45, 7) is 0.691. The van der Waals surface area contributed by atoms with Crippen molar-refractivity contribution in [3.8, 4) is 11.3 Å². The third-order valence-corrected chi connectivity index (χ3v) is 6.22. The van der Waals surface area contributed by atoms with Crippen LogP contribution in [0.15, 0.2) is 60.8 Å². The number of carbonyl (C=O) groups is 1. The second kappa shape index (κ2) is 9.88. The molecule has 1 heterocycles. The van der Waals surface area contributed by atoms with E-state index in [0.717, 1.165) is 42.5 Å². The number of halogens is 1. The fraction of sp³-hybridized carbons (Fsp3) is 0.360. The van der Waals surface area contributed by atoms with Gasteiger partial charge in [-0.05, 0) is 62.3 Å². The van der Waals surface area contributed by atoms with Gasteiger partial charge in [0.15, 0.2) is 0 Å². The number of aromatic nitrogens is 2. The van der Waals surface area contributed by atoms with Gasteiger partial charge in [0, 0.05) is 17.7 Å². The van der Waals surface area contributed by atoms with E-state index in [9.17, 15) is 9.18 Å². The molecule has 31 heavy (non-hydrogen) atoms. The first kappa shape index (κ1) is 21.2. The summed E-state index contributed by atoms with van der Waals surface area (Å²) in [5.41, 5.74) is 8.57. The minimum absolute atomic E-state index is 0.00192. The summed E-state index contributed by atoms with van der Waals surface area (Å²) in [4.78, 5) is 21.1. The van der Waals surface area contributed by atoms with Crippen LogP contribution in [0, 0.1) is 17.7 Å². The fourth-order valence-electron chi connectivity index (χ4n) is 4.29. The van der Waals surface area contributed by atoms with Crippen LogP contribution in [0.25, 0.3) is 11.3 Å². The fourth-order valence-corrected chi connectivity index (χ4v) is 4.29. The lowest BCUT2D eigenvalue weighted by molar-refractivity contribution is -0.127. The molecule has 0 saturated heterocycles. The highest BCUT2D eigenvalue weighted by molar-refractivity contribution is 5.79. The van der Waals surface area contributed by atoms with Crippen molar-refractivity contribution in [2.75, 3.05) is 6.54 Å². The molecule has 5 nitrogen and oxygen atoms in total. The average molecular weight is 421 g/mol. The number of amides is 1. The molecular weight excluding hydrogens is 391 g/mol.